The van der Waals surface area contributed by atoms with Crippen LogP contribution in [-0.2, 0) is 9.59 Å². The summed E-state index contributed by atoms with van der Waals surface area (Å²) in [6, 6.07) is 7.16. The molecule has 1 aromatic rings. The van der Waals surface area contributed by atoms with Crippen molar-refractivity contribution in [3.8, 4) is 5.75 Å². The van der Waals surface area contributed by atoms with Crippen LogP contribution in [0.4, 0.5) is 0 Å². The van der Waals surface area contributed by atoms with E-state index in [9.17, 15) is 9.59 Å². The summed E-state index contributed by atoms with van der Waals surface area (Å²) < 4.78 is 5.93. The maximum Gasteiger partial charge on any atom is 0.263 e. The average molecular weight is 391 g/mol. The van der Waals surface area contributed by atoms with E-state index in [1.807, 2.05) is 0 Å². The quantitative estimate of drug-likeness (QED) is 0.809. The van der Waals surface area contributed by atoms with Gasteiger partial charge in [-0.1, -0.05) is 17.7 Å². The molecule has 0 aromatic heterocycles. The number of carbonyl (C=O) groups excluding carboxylic acids is 2. The van der Waals surface area contributed by atoms with Gasteiger partial charge in [0, 0.05) is 16.5 Å². The van der Waals surface area contributed by atoms with Crippen LogP contribution in [0.2, 0.25) is 5.02 Å². The second-order valence-corrected chi connectivity index (χ2v) is 9.62. The van der Waals surface area contributed by atoms with Crippen LogP contribution in [0.15, 0.2) is 24.3 Å². The lowest BCUT2D eigenvalue weighted by Gasteiger charge is -2.59. The molecule has 2 atom stereocenters. The van der Waals surface area contributed by atoms with Crippen LogP contribution in [0.3, 0.4) is 0 Å². The van der Waals surface area contributed by atoms with Crippen LogP contribution in [-0.4, -0.2) is 23.5 Å². The van der Waals surface area contributed by atoms with E-state index < -0.39 is 5.60 Å². The van der Waals surface area contributed by atoms with Crippen molar-refractivity contribution in [2.45, 2.75) is 57.6 Å². The Balaban J connectivity index is 1.46. The molecule has 2 amide bonds. The number of hydrogen-bond acceptors (Lipinski definition) is 3. The molecule has 0 aliphatic heterocycles. The SMILES string of the molecule is CC(C)(Oc1cccc(Cl)c1)C(=O)NC1C2CC3CC1CC(C(N)=O)(C3)C2. The Morgan fingerprint density at radius 1 is 1.22 bits per heavy atom. The maximum atomic E-state index is 13.0. The Hall–Kier alpha value is -1.75. The van der Waals surface area contributed by atoms with Gasteiger partial charge in [0.1, 0.15) is 5.75 Å². The van der Waals surface area contributed by atoms with Crippen molar-refractivity contribution in [3.63, 3.8) is 0 Å². The molecular weight excluding hydrogens is 364 g/mol. The summed E-state index contributed by atoms with van der Waals surface area (Å²) in [5.41, 5.74) is 4.39. The molecule has 0 radical (unpaired) electrons. The first-order valence-corrected chi connectivity index (χ1v) is 10.1. The van der Waals surface area contributed by atoms with Crippen molar-refractivity contribution in [1.29, 1.82) is 0 Å². The van der Waals surface area contributed by atoms with Crippen LogP contribution in [0.1, 0.15) is 46.0 Å². The van der Waals surface area contributed by atoms with Crippen molar-refractivity contribution in [1.82, 2.24) is 5.32 Å². The minimum absolute atomic E-state index is 0.101. The van der Waals surface area contributed by atoms with Crippen LogP contribution in [0.5, 0.6) is 5.75 Å². The number of nitrogens with one attached hydrogen (secondary N) is 1. The molecule has 5 rings (SSSR count). The van der Waals surface area contributed by atoms with Gasteiger partial charge in [-0.3, -0.25) is 9.59 Å². The van der Waals surface area contributed by atoms with E-state index >= 15 is 0 Å². The number of amides is 2. The van der Waals surface area contributed by atoms with Gasteiger partial charge in [-0.2, -0.15) is 0 Å². The molecule has 0 saturated heterocycles. The standard InChI is InChI=1S/C21H27ClN2O3/c1-20(2,27-16-5-3-4-15(22)8-16)19(26)24-17-13-6-12-7-14(17)11-21(9-12,10-13)18(23)25/h3-5,8,12-14,17H,6-7,9-11H2,1-2H3,(H2,23,25)(H,24,26). The van der Waals surface area contributed by atoms with E-state index in [4.69, 9.17) is 22.1 Å². The molecule has 4 aliphatic carbocycles. The van der Waals surface area contributed by atoms with Gasteiger partial charge in [-0.25, -0.2) is 0 Å². The van der Waals surface area contributed by atoms with Gasteiger partial charge in [0.25, 0.3) is 5.91 Å². The molecule has 27 heavy (non-hydrogen) atoms. The summed E-state index contributed by atoms with van der Waals surface area (Å²) in [6.07, 6.45) is 4.68. The highest BCUT2D eigenvalue weighted by molar-refractivity contribution is 6.30. The van der Waals surface area contributed by atoms with E-state index in [1.165, 1.54) is 0 Å². The molecule has 4 fully saturated rings. The number of ether oxygens (including phenoxy) is 1. The Labute approximate surface area is 165 Å². The zero-order valence-corrected chi connectivity index (χ0v) is 16.6. The first-order valence-electron chi connectivity index (χ1n) is 9.74. The monoisotopic (exact) mass is 390 g/mol. The number of carbonyl (C=O) groups is 2. The topological polar surface area (TPSA) is 81.4 Å². The van der Waals surface area contributed by atoms with Gasteiger partial charge in [-0.15, -0.1) is 0 Å². The number of hydrogen-bond donors (Lipinski definition) is 2. The van der Waals surface area contributed by atoms with Gasteiger partial charge < -0.3 is 15.8 Å². The fourth-order valence-electron chi connectivity index (χ4n) is 5.76. The minimum Gasteiger partial charge on any atom is -0.478 e. The lowest BCUT2D eigenvalue weighted by Crippen LogP contribution is -2.63. The Kier molecular flexibility index (Phi) is 4.41. The van der Waals surface area contributed by atoms with Crippen molar-refractivity contribution >= 4 is 23.4 Å². The predicted octanol–water partition coefficient (Wildman–Crippen LogP) is 3.29. The molecule has 4 aliphatic rings. The zero-order chi connectivity index (χ0) is 19.4. The third kappa shape index (κ3) is 3.31. The zero-order valence-electron chi connectivity index (χ0n) is 15.8. The first-order chi connectivity index (χ1) is 12.7. The average Bonchev–Trinajstić information content (AvgIpc) is 2.56. The number of primary amides is 1. The highest BCUT2D eigenvalue weighted by Crippen LogP contribution is 2.59. The Morgan fingerprint density at radius 2 is 1.89 bits per heavy atom. The van der Waals surface area contributed by atoms with E-state index in [-0.39, 0.29) is 23.3 Å². The van der Waals surface area contributed by atoms with Crippen LogP contribution in [0, 0.1) is 23.2 Å². The molecule has 0 spiro atoms. The third-order valence-electron chi connectivity index (χ3n) is 6.81. The number of rotatable bonds is 5. The molecule has 6 heteroatoms. The second-order valence-electron chi connectivity index (χ2n) is 9.18. The Morgan fingerprint density at radius 3 is 2.48 bits per heavy atom. The van der Waals surface area contributed by atoms with E-state index in [0.717, 1.165) is 32.1 Å². The van der Waals surface area contributed by atoms with Crippen molar-refractivity contribution in [3.05, 3.63) is 29.3 Å². The van der Waals surface area contributed by atoms with Crippen molar-refractivity contribution in [2.75, 3.05) is 0 Å². The van der Waals surface area contributed by atoms with Crippen LogP contribution >= 0.6 is 11.6 Å². The third-order valence-corrected chi connectivity index (χ3v) is 7.04. The molecule has 1 aromatic carbocycles. The molecule has 5 nitrogen and oxygen atoms in total. The molecule has 0 heterocycles. The van der Waals surface area contributed by atoms with Gasteiger partial charge in [0.2, 0.25) is 5.91 Å². The van der Waals surface area contributed by atoms with Crippen LogP contribution < -0.4 is 15.8 Å². The largest absolute Gasteiger partial charge is 0.478 e. The fourth-order valence-corrected chi connectivity index (χ4v) is 5.94. The molecular formula is C21H27ClN2O3. The number of benzene rings is 1. The van der Waals surface area contributed by atoms with Crippen molar-refractivity contribution in [2.24, 2.45) is 28.9 Å². The summed E-state index contributed by atoms with van der Waals surface area (Å²) in [5.74, 6) is 1.51. The molecule has 3 N–H and O–H groups in total. The molecule has 146 valence electrons. The molecule has 4 saturated carbocycles. The molecule has 4 bridgehead atoms. The summed E-state index contributed by atoms with van der Waals surface area (Å²) in [5, 5.41) is 3.82. The Bertz CT molecular complexity index is 762. The van der Waals surface area contributed by atoms with E-state index in [2.05, 4.69) is 5.32 Å². The van der Waals surface area contributed by atoms with Crippen LogP contribution in [0.25, 0.3) is 0 Å². The lowest BCUT2D eigenvalue weighted by atomic mass is 9.47. The van der Waals surface area contributed by atoms with Crippen molar-refractivity contribution < 1.29 is 14.3 Å². The highest BCUT2D eigenvalue weighted by atomic mass is 35.5. The fraction of sp³-hybridized carbons (Fsp3) is 0.619. The summed E-state index contributed by atoms with van der Waals surface area (Å²) in [7, 11) is 0. The number of nitrogens with two attached hydrogens (primary N) is 1. The summed E-state index contributed by atoms with van der Waals surface area (Å²) >= 11 is 6.01. The lowest BCUT2D eigenvalue weighted by molar-refractivity contribution is -0.150. The minimum atomic E-state index is -1.01. The van der Waals surface area contributed by atoms with Gasteiger partial charge in [0.15, 0.2) is 5.60 Å². The van der Waals surface area contributed by atoms with Gasteiger partial charge >= 0.3 is 0 Å². The summed E-state index contributed by atoms with van der Waals surface area (Å²) in [4.78, 5) is 25.1. The highest BCUT2D eigenvalue weighted by Gasteiger charge is 2.58. The number of halogens is 1. The van der Waals surface area contributed by atoms with Gasteiger partial charge in [0.05, 0.1) is 0 Å². The first kappa shape index (κ1) is 18.6. The van der Waals surface area contributed by atoms with E-state index in [0.29, 0.717) is 28.5 Å². The van der Waals surface area contributed by atoms with Gasteiger partial charge in [-0.05, 0) is 81.9 Å². The smallest absolute Gasteiger partial charge is 0.263 e. The maximum absolute atomic E-state index is 13.0. The second kappa shape index (κ2) is 6.40. The predicted molar refractivity (Wildman–Crippen MR) is 103 cm³/mol. The molecule has 2 unspecified atom stereocenters. The van der Waals surface area contributed by atoms with E-state index in [1.54, 1.807) is 38.1 Å². The summed E-state index contributed by atoms with van der Waals surface area (Å²) in [6.45, 7) is 3.54. The normalized spacial score (nSPS) is 34.3.